The molecule has 1 saturated heterocycles. The van der Waals surface area contributed by atoms with Gasteiger partial charge in [0.05, 0.1) is 0 Å². The monoisotopic (exact) mass is 338 g/mol. The molecule has 1 aromatic carbocycles. The molecule has 0 saturated carbocycles. The Morgan fingerprint density at radius 1 is 1.25 bits per heavy atom. The van der Waals surface area contributed by atoms with E-state index in [0.29, 0.717) is 6.04 Å². The van der Waals surface area contributed by atoms with Gasteiger partial charge >= 0.3 is 0 Å². The SMILES string of the molecule is CCC[C@H](c1ccc(C)c(Cl)c1)N1CCNCC1.Cl.Cl. The number of piperazine rings is 1. The van der Waals surface area contributed by atoms with E-state index in [-0.39, 0.29) is 24.8 Å². The summed E-state index contributed by atoms with van der Waals surface area (Å²) in [6.45, 7) is 8.78. The molecule has 0 aliphatic carbocycles. The van der Waals surface area contributed by atoms with Gasteiger partial charge in [-0.1, -0.05) is 37.1 Å². The molecule has 0 amide bonds. The van der Waals surface area contributed by atoms with E-state index in [4.69, 9.17) is 11.6 Å². The fourth-order valence-corrected chi connectivity index (χ4v) is 2.83. The Morgan fingerprint density at radius 3 is 2.45 bits per heavy atom. The molecule has 5 heteroatoms. The summed E-state index contributed by atoms with van der Waals surface area (Å²) in [6.07, 6.45) is 2.42. The molecule has 1 fully saturated rings. The van der Waals surface area contributed by atoms with E-state index >= 15 is 0 Å². The largest absolute Gasteiger partial charge is 0.314 e. The van der Waals surface area contributed by atoms with E-state index < -0.39 is 0 Å². The van der Waals surface area contributed by atoms with E-state index in [9.17, 15) is 0 Å². The molecule has 1 heterocycles. The Morgan fingerprint density at radius 2 is 1.90 bits per heavy atom. The minimum Gasteiger partial charge on any atom is -0.314 e. The molecule has 0 unspecified atom stereocenters. The van der Waals surface area contributed by atoms with Crippen molar-refractivity contribution < 1.29 is 0 Å². The molecule has 116 valence electrons. The lowest BCUT2D eigenvalue weighted by Gasteiger charge is -2.35. The van der Waals surface area contributed by atoms with Crippen LogP contribution in [0.15, 0.2) is 18.2 Å². The van der Waals surface area contributed by atoms with E-state index in [1.807, 2.05) is 0 Å². The van der Waals surface area contributed by atoms with E-state index in [1.54, 1.807) is 0 Å². The summed E-state index contributed by atoms with van der Waals surface area (Å²) in [5.41, 5.74) is 2.53. The Hall–Kier alpha value is 0.01000. The Labute approximate surface area is 140 Å². The van der Waals surface area contributed by atoms with Crippen LogP contribution in [0.2, 0.25) is 5.02 Å². The summed E-state index contributed by atoms with van der Waals surface area (Å²) >= 11 is 6.27. The van der Waals surface area contributed by atoms with Gasteiger partial charge in [0.15, 0.2) is 0 Å². The first-order valence-electron chi connectivity index (χ1n) is 6.93. The maximum absolute atomic E-state index is 6.27. The lowest BCUT2D eigenvalue weighted by atomic mass is 9.99. The van der Waals surface area contributed by atoms with Crippen LogP contribution in [-0.2, 0) is 0 Å². The molecule has 0 bridgehead atoms. The highest BCUT2D eigenvalue weighted by Gasteiger charge is 2.21. The zero-order chi connectivity index (χ0) is 13.0. The lowest BCUT2D eigenvalue weighted by molar-refractivity contribution is 0.164. The molecular weight excluding hydrogens is 315 g/mol. The first-order valence-corrected chi connectivity index (χ1v) is 7.31. The van der Waals surface area contributed by atoms with Crippen molar-refractivity contribution in [2.75, 3.05) is 26.2 Å². The van der Waals surface area contributed by atoms with E-state index in [0.717, 1.165) is 36.8 Å². The second-order valence-corrected chi connectivity index (χ2v) is 5.51. The number of nitrogens with zero attached hydrogens (tertiary/aromatic N) is 1. The zero-order valence-electron chi connectivity index (χ0n) is 12.2. The van der Waals surface area contributed by atoms with Gasteiger partial charge in [0, 0.05) is 37.2 Å². The van der Waals surface area contributed by atoms with Gasteiger partial charge in [-0.05, 0) is 30.5 Å². The number of hydrogen-bond acceptors (Lipinski definition) is 2. The third kappa shape index (κ3) is 5.09. The summed E-state index contributed by atoms with van der Waals surface area (Å²) in [5.74, 6) is 0. The molecule has 1 aromatic rings. The predicted octanol–water partition coefficient (Wildman–Crippen LogP) is 4.24. The number of hydrogen-bond donors (Lipinski definition) is 1. The van der Waals surface area contributed by atoms with Crippen LogP contribution in [0.4, 0.5) is 0 Å². The number of nitrogens with one attached hydrogen (secondary N) is 1. The molecule has 20 heavy (non-hydrogen) atoms. The van der Waals surface area contributed by atoms with Gasteiger partial charge in [-0.15, -0.1) is 24.8 Å². The number of halogens is 3. The highest BCUT2D eigenvalue weighted by Crippen LogP contribution is 2.29. The summed E-state index contributed by atoms with van der Waals surface area (Å²) < 4.78 is 0. The molecule has 1 aliphatic rings. The smallest absolute Gasteiger partial charge is 0.0438 e. The number of aryl methyl sites for hydroxylation is 1. The van der Waals surface area contributed by atoms with Gasteiger partial charge in [-0.3, -0.25) is 4.90 Å². The van der Waals surface area contributed by atoms with Crippen LogP contribution in [-0.4, -0.2) is 31.1 Å². The van der Waals surface area contributed by atoms with Crippen LogP contribution in [0, 0.1) is 6.92 Å². The topological polar surface area (TPSA) is 15.3 Å². The van der Waals surface area contributed by atoms with Crippen molar-refractivity contribution in [3.63, 3.8) is 0 Å². The maximum atomic E-state index is 6.27. The van der Waals surface area contributed by atoms with Gasteiger partial charge in [0.2, 0.25) is 0 Å². The maximum Gasteiger partial charge on any atom is 0.0438 e. The molecule has 0 spiro atoms. The summed E-state index contributed by atoms with van der Waals surface area (Å²) in [7, 11) is 0. The van der Waals surface area contributed by atoms with Crippen molar-refractivity contribution in [3.8, 4) is 0 Å². The van der Waals surface area contributed by atoms with Crippen molar-refractivity contribution in [2.24, 2.45) is 0 Å². The average molecular weight is 340 g/mol. The quantitative estimate of drug-likeness (QED) is 0.882. The Balaban J connectivity index is 0.00000180. The highest BCUT2D eigenvalue weighted by atomic mass is 35.5. The molecule has 2 rings (SSSR count). The van der Waals surface area contributed by atoms with Crippen molar-refractivity contribution in [2.45, 2.75) is 32.7 Å². The average Bonchev–Trinajstić information content (AvgIpc) is 2.40. The van der Waals surface area contributed by atoms with Crippen LogP contribution < -0.4 is 5.32 Å². The molecule has 1 N–H and O–H groups in total. The fourth-order valence-electron chi connectivity index (χ4n) is 2.64. The minimum atomic E-state index is 0. The first kappa shape index (κ1) is 20.0. The minimum absolute atomic E-state index is 0. The number of rotatable bonds is 4. The summed E-state index contributed by atoms with van der Waals surface area (Å²) in [6, 6.07) is 7.06. The molecule has 0 aromatic heterocycles. The molecule has 1 atom stereocenters. The summed E-state index contributed by atoms with van der Waals surface area (Å²) in [5, 5.41) is 4.31. The van der Waals surface area contributed by atoms with Crippen LogP contribution in [0.5, 0.6) is 0 Å². The normalized spacial score (nSPS) is 16.9. The molecule has 0 radical (unpaired) electrons. The van der Waals surface area contributed by atoms with Crippen molar-refractivity contribution in [1.82, 2.24) is 10.2 Å². The number of benzene rings is 1. The van der Waals surface area contributed by atoms with E-state index in [2.05, 4.69) is 42.3 Å². The summed E-state index contributed by atoms with van der Waals surface area (Å²) in [4.78, 5) is 2.58. The van der Waals surface area contributed by atoms with Crippen LogP contribution in [0.25, 0.3) is 0 Å². The first-order chi connectivity index (χ1) is 8.72. The molecular formula is C15H25Cl3N2. The van der Waals surface area contributed by atoms with E-state index in [1.165, 1.54) is 18.4 Å². The molecule has 1 aliphatic heterocycles. The van der Waals surface area contributed by atoms with Gasteiger partial charge in [0.1, 0.15) is 0 Å². The van der Waals surface area contributed by atoms with Crippen LogP contribution in [0.1, 0.15) is 36.9 Å². The van der Waals surface area contributed by atoms with Gasteiger partial charge in [-0.2, -0.15) is 0 Å². The lowest BCUT2D eigenvalue weighted by Crippen LogP contribution is -2.45. The highest BCUT2D eigenvalue weighted by molar-refractivity contribution is 6.31. The second-order valence-electron chi connectivity index (χ2n) is 5.10. The Bertz CT molecular complexity index is 393. The standard InChI is InChI=1S/C15H23ClN2.2ClH/c1-3-4-15(18-9-7-17-8-10-18)13-6-5-12(2)14(16)11-13;;/h5-6,11,15,17H,3-4,7-10H2,1-2H3;2*1H/t15-;;/m1../s1. The van der Waals surface area contributed by atoms with Crippen LogP contribution in [0.3, 0.4) is 0 Å². The second kappa shape index (κ2) is 9.86. The third-order valence-electron chi connectivity index (χ3n) is 3.74. The third-order valence-corrected chi connectivity index (χ3v) is 4.14. The van der Waals surface area contributed by atoms with Crippen molar-refractivity contribution in [1.29, 1.82) is 0 Å². The van der Waals surface area contributed by atoms with Crippen molar-refractivity contribution in [3.05, 3.63) is 34.3 Å². The fraction of sp³-hybridized carbons (Fsp3) is 0.600. The van der Waals surface area contributed by atoms with Gasteiger partial charge < -0.3 is 5.32 Å². The predicted molar refractivity (Wildman–Crippen MR) is 92.8 cm³/mol. The zero-order valence-corrected chi connectivity index (χ0v) is 14.6. The van der Waals surface area contributed by atoms with Crippen molar-refractivity contribution >= 4 is 36.4 Å². The van der Waals surface area contributed by atoms with Gasteiger partial charge in [0.25, 0.3) is 0 Å². The van der Waals surface area contributed by atoms with Crippen LogP contribution >= 0.6 is 36.4 Å². The van der Waals surface area contributed by atoms with Gasteiger partial charge in [-0.25, -0.2) is 0 Å². The Kier molecular flexibility index (Phi) is 9.86. The molecule has 2 nitrogen and oxygen atoms in total.